The van der Waals surface area contributed by atoms with Gasteiger partial charge in [0.05, 0.1) is 13.0 Å². The van der Waals surface area contributed by atoms with E-state index in [0.717, 1.165) is 12.2 Å². The summed E-state index contributed by atoms with van der Waals surface area (Å²) in [5.74, 6) is 0.852. The van der Waals surface area contributed by atoms with Crippen LogP contribution in [0.5, 0.6) is 5.75 Å². The van der Waals surface area contributed by atoms with Crippen LogP contribution in [-0.4, -0.2) is 60.1 Å². The van der Waals surface area contributed by atoms with Crippen molar-refractivity contribution in [2.45, 2.75) is 39.2 Å². The van der Waals surface area contributed by atoms with E-state index in [9.17, 15) is 9.59 Å². The molecule has 0 spiro atoms. The van der Waals surface area contributed by atoms with E-state index in [1.165, 1.54) is 0 Å². The van der Waals surface area contributed by atoms with Gasteiger partial charge in [0.15, 0.2) is 0 Å². The van der Waals surface area contributed by atoms with Gasteiger partial charge in [-0.25, -0.2) is 4.79 Å². The third-order valence-corrected chi connectivity index (χ3v) is 3.95. The fraction of sp³-hybridized carbons (Fsp3) is 0.579. The van der Waals surface area contributed by atoms with Crippen LogP contribution in [0.2, 0.25) is 0 Å². The molecule has 1 fully saturated rings. The molecule has 0 aromatic heterocycles. The number of nitrogens with zero attached hydrogens (tertiary/aromatic N) is 2. The van der Waals surface area contributed by atoms with Crippen LogP contribution in [0.1, 0.15) is 33.6 Å². The lowest BCUT2D eigenvalue weighted by molar-refractivity contribution is -0.131. The molecule has 1 aliphatic rings. The number of carbonyl (C=O) groups excluding carboxylic acids is 2. The second kappa shape index (κ2) is 8.74. The van der Waals surface area contributed by atoms with E-state index in [0.29, 0.717) is 39.2 Å². The Kier molecular flexibility index (Phi) is 6.67. The van der Waals surface area contributed by atoms with E-state index in [-0.39, 0.29) is 17.5 Å². The number of nitrogens with one attached hydrogen (secondary N) is 1. The highest BCUT2D eigenvalue weighted by molar-refractivity contribution is 5.77. The van der Waals surface area contributed by atoms with Gasteiger partial charge in [0.25, 0.3) is 0 Å². The molecular formula is C19H29N3O3. The van der Waals surface area contributed by atoms with Crippen molar-refractivity contribution < 1.29 is 14.3 Å². The van der Waals surface area contributed by atoms with E-state index in [2.05, 4.69) is 5.32 Å². The Bertz CT molecular complexity index is 569. The highest BCUT2D eigenvalue weighted by Gasteiger charge is 2.24. The largest absolute Gasteiger partial charge is 0.493 e. The predicted octanol–water partition coefficient (Wildman–Crippen LogP) is 2.50. The van der Waals surface area contributed by atoms with Gasteiger partial charge in [-0.1, -0.05) is 18.2 Å². The van der Waals surface area contributed by atoms with Gasteiger partial charge in [0.2, 0.25) is 5.91 Å². The molecule has 0 bridgehead atoms. The highest BCUT2D eigenvalue weighted by atomic mass is 16.5. The summed E-state index contributed by atoms with van der Waals surface area (Å²) in [6, 6.07) is 9.43. The first-order chi connectivity index (χ1) is 11.8. The van der Waals surface area contributed by atoms with Crippen molar-refractivity contribution in [1.82, 2.24) is 15.1 Å². The number of ether oxygens (including phenoxy) is 1. The smallest absolute Gasteiger partial charge is 0.317 e. The molecule has 3 amide bonds. The minimum absolute atomic E-state index is 0.0609. The minimum Gasteiger partial charge on any atom is -0.493 e. The molecule has 1 N–H and O–H groups in total. The number of hydrogen-bond acceptors (Lipinski definition) is 3. The van der Waals surface area contributed by atoms with Crippen LogP contribution in [-0.2, 0) is 4.79 Å². The van der Waals surface area contributed by atoms with Crippen LogP contribution in [0, 0.1) is 0 Å². The molecule has 6 nitrogen and oxygen atoms in total. The van der Waals surface area contributed by atoms with E-state index >= 15 is 0 Å². The quantitative estimate of drug-likeness (QED) is 0.910. The van der Waals surface area contributed by atoms with E-state index in [4.69, 9.17) is 4.74 Å². The summed E-state index contributed by atoms with van der Waals surface area (Å²) in [6.45, 7) is 8.75. The lowest BCUT2D eigenvalue weighted by atomic mass is 10.1. The number of amides is 3. The van der Waals surface area contributed by atoms with Crippen LogP contribution in [0.3, 0.4) is 0 Å². The van der Waals surface area contributed by atoms with Crippen molar-refractivity contribution >= 4 is 11.9 Å². The van der Waals surface area contributed by atoms with Crippen LogP contribution < -0.4 is 10.1 Å². The molecule has 0 atom stereocenters. The zero-order valence-electron chi connectivity index (χ0n) is 15.5. The summed E-state index contributed by atoms with van der Waals surface area (Å²) < 4.78 is 5.59. The summed E-state index contributed by atoms with van der Waals surface area (Å²) in [4.78, 5) is 28.3. The molecule has 0 aliphatic carbocycles. The van der Waals surface area contributed by atoms with Crippen LogP contribution in [0.15, 0.2) is 30.3 Å². The first-order valence-electron chi connectivity index (χ1n) is 8.88. The topological polar surface area (TPSA) is 61.9 Å². The van der Waals surface area contributed by atoms with Gasteiger partial charge in [-0.05, 0) is 39.3 Å². The lowest BCUT2D eigenvalue weighted by Gasteiger charge is -2.27. The minimum atomic E-state index is -0.256. The molecule has 0 unspecified atom stereocenters. The van der Waals surface area contributed by atoms with Gasteiger partial charge in [-0.15, -0.1) is 0 Å². The fourth-order valence-corrected chi connectivity index (χ4v) is 2.70. The van der Waals surface area contributed by atoms with Gasteiger partial charge in [-0.2, -0.15) is 0 Å². The Morgan fingerprint density at radius 1 is 1.04 bits per heavy atom. The second-order valence-corrected chi connectivity index (χ2v) is 7.31. The molecule has 138 valence electrons. The van der Waals surface area contributed by atoms with Crippen LogP contribution >= 0.6 is 0 Å². The number of para-hydroxylation sites is 1. The summed E-state index contributed by atoms with van der Waals surface area (Å²) in [6.07, 6.45) is 1.14. The first kappa shape index (κ1) is 19.1. The zero-order chi connectivity index (χ0) is 18.3. The van der Waals surface area contributed by atoms with Crippen molar-refractivity contribution in [2.24, 2.45) is 0 Å². The van der Waals surface area contributed by atoms with Crippen molar-refractivity contribution in [1.29, 1.82) is 0 Å². The number of rotatable bonds is 4. The Morgan fingerprint density at radius 3 is 2.36 bits per heavy atom. The summed E-state index contributed by atoms with van der Waals surface area (Å²) in [5, 5.41) is 2.98. The molecule has 1 aliphatic heterocycles. The average Bonchev–Trinajstić information content (AvgIpc) is 2.80. The second-order valence-electron chi connectivity index (χ2n) is 7.31. The molecule has 2 rings (SSSR count). The number of hydrogen-bond donors (Lipinski definition) is 1. The number of urea groups is 1. The maximum absolute atomic E-state index is 12.4. The van der Waals surface area contributed by atoms with Crippen LogP contribution in [0.25, 0.3) is 0 Å². The third-order valence-electron chi connectivity index (χ3n) is 3.95. The summed E-state index contributed by atoms with van der Waals surface area (Å²) in [5.41, 5.74) is -0.256. The van der Waals surface area contributed by atoms with Crippen molar-refractivity contribution in [3.63, 3.8) is 0 Å². The molecule has 1 aromatic rings. The number of carbonyl (C=O) groups is 2. The SMILES string of the molecule is CC(C)(C)NC(=O)N1CCCN(C(=O)CCOc2ccccc2)CC1. The van der Waals surface area contributed by atoms with Crippen molar-refractivity contribution in [2.75, 3.05) is 32.8 Å². The molecule has 6 heteroatoms. The maximum atomic E-state index is 12.4. The lowest BCUT2D eigenvalue weighted by Crippen LogP contribution is -2.49. The first-order valence-corrected chi connectivity index (χ1v) is 8.88. The third kappa shape index (κ3) is 6.64. The van der Waals surface area contributed by atoms with E-state index in [1.54, 1.807) is 4.90 Å². The Morgan fingerprint density at radius 2 is 1.68 bits per heavy atom. The predicted molar refractivity (Wildman–Crippen MR) is 97.6 cm³/mol. The van der Waals surface area contributed by atoms with Crippen molar-refractivity contribution in [3.05, 3.63) is 30.3 Å². The zero-order valence-corrected chi connectivity index (χ0v) is 15.5. The highest BCUT2D eigenvalue weighted by Crippen LogP contribution is 2.10. The molecule has 0 saturated carbocycles. The van der Waals surface area contributed by atoms with Gasteiger partial charge in [0.1, 0.15) is 5.75 Å². The Hall–Kier alpha value is -2.24. The standard InChI is InChI=1S/C19H29N3O3/c1-19(2,3)20-18(24)22-12-7-11-21(13-14-22)17(23)10-15-25-16-8-5-4-6-9-16/h4-6,8-9H,7,10-15H2,1-3H3,(H,20,24). The monoisotopic (exact) mass is 347 g/mol. The van der Waals surface area contributed by atoms with Gasteiger partial charge >= 0.3 is 6.03 Å². The van der Waals surface area contributed by atoms with Crippen LogP contribution in [0.4, 0.5) is 4.79 Å². The maximum Gasteiger partial charge on any atom is 0.317 e. The van der Waals surface area contributed by atoms with E-state index in [1.807, 2.05) is 56.0 Å². The van der Waals surface area contributed by atoms with Gasteiger partial charge in [-0.3, -0.25) is 4.79 Å². The van der Waals surface area contributed by atoms with Gasteiger partial charge < -0.3 is 19.9 Å². The molecule has 1 aromatic carbocycles. The summed E-state index contributed by atoms with van der Waals surface area (Å²) in [7, 11) is 0. The summed E-state index contributed by atoms with van der Waals surface area (Å²) >= 11 is 0. The Balaban J connectivity index is 1.76. The molecular weight excluding hydrogens is 318 g/mol. The molecule has 1 heterocycles. The molecule has 0 radical (unpaired) electrons. The molecule has 25 heavy (non-hydrogen) atoms. The average molecular weight is 347 g/mol. The van der Waals surface area contributed by atoms with Gasteiger partial charge in [0, 0.05) is 31.7 Å². The Labute approximate surface area is 150 Å². The number of benzene rings is 1. The van der Waals surface area contributed by atoms with E-state index < -0.39 is 0 Å². The normalized spacial score (nSPS) is 15.5. The fourth-order valence-electron chi connectivity index (χ4n) is 2.70. The molecule has 1 saturated heterocycles. The van der Waals surface area contributed by atoms with Crippen molar-refractivity contribution in [3.8, 4) is 5.75 Å².